The van der Waals surface area contributed by atoms with Crippen LogP contribution < -0.4 is 5.73 Å². The first-order valence-electron chi connectivity index (χ1n) is 4.11. The lowest BCUT2D eigenvalue weighted by Crippen LogP contribution is -2.18. The normalized spacial score (nSPS) is 9.57. The summed E-state index contributed by atoms with van der Waals surface area (Å²) in [7, 11) is 1.17. The van der Waals surface area contributed by atoms with Crippen molar-refractivity contribution in [3.05, 3.63) is 35.4 Å². The van der Waals surface area contributed by atoms with Gasteiger partial charge in [-0.15, -0.1) is 0 Å². The Balaban J connectivity index is 3.06. The first-order valence-corrected chi connectivity index (χ1v) is 4.11. The van der Waals surface area contributed by atoms with E-state index in [1.165, 1.54) is 7.11 Å². The average Bonchev–Trinajstić information content (AvgIpc) is 2.26. The Morgan fingerprint density at radius 2 is 2.00 bits per heavy atom. The predicted molar refractivity (Wildman–Crippen MR) is 50.7 cm³/mol. The number of benzene rings is 1. The van der Waals surface area contributed by atoms with E-state index in [4.69, 9.17) is 5.73 Å². The van der Waals surface area contributed by atoms with Gasteiger partial charge in [0.1, 0.15) is 0 Å². The summed E-state index contributed by atoms with van der Waals surface area (Å²) in [6, 6.07) is 6.70. The number of ketones is 1. The molecular weight excluding hydrogens is 182 g/mol. The Bertz CT molecular complexity index is 360. The third-order valence-corrected chi connectivity index (χ3v) is 1.85. The minimum atomic E-state index is -0.870. The van der Waals surface area contributed by atoms with Crippen molar-refractivity contribution in [2.24, 2.45) is 5.73 Å². The second kappa shape index (κ2) is 4.53. The maximum atomic E-state index is 11.4. The Labute approximate surface area is 81.7 Å². The number of nitrogens with two attached hydrogens (primary N) is 1. The van der Waals surface area contributed by atoms with E-state index in [1.807, 2.05) is 0 Å². The topological polar surface area (TPSA) is 69.4 Å². The molecule has 0 amide bonds. The fourth-order valence-electron chi connectivity index (χ4n) is 1.12. The molecule has 0 radical (unpaired) electrons. The van der Waals surface area contributed by atoms with Crippen LogP contribution in [0.3, 0.4) is 0 Å². The predicted octanol–water partition coefficient (Wildman–Crippen LogP) is 0.501. The van der Waals surface area contributed by atoms with Crippen LogP contribution in [-0.2, 0) is 16.1 Å². The maximum absolute atomic E-state index is 11.4. The van der Waals surface area contributed by atoms with Crippen molar-refractivity contribution in [1.82, 2.24) is 0 Å². The van der Waals surface area contributed by atoms with Crippen molar-refractivity contribution in [1.29, 1.82) is 0 Å². The molecule has 0 atom stereocenters. The largest absolute Gasteiger partial charge is 0.463 e. The highest BCUT2D eigenvalue weighted by atomic mass is 16.5. The van der Waals surface area contributed by atoms with E-state index in [1.54, 1.807) is 24.3 Å². The molecule has 0 aliphatic rings. The molecule has 1 aromatic rings. The molecule has 14 heavy (non-hydrogen) atoms. The second-order valence-electron chi connectivity index (χ2n) is 2.68. The molecule has 0 saturated carbocycles. The Kier molecular flexibility index (Phi) is 3.36. The monoisotopic (exact) mass is 193 g/mol. The van der Waals surface area contributed by atoms with Gasteiger partial charge < -0.3 is 10.5 Å². The quantitative estimate of drug-likeness (QED) is 0.431. The summed E-state index contributed by atoms with van der Waals surface area (Å²) in [4.78, 5) is 22.4. The van der Waals surface area contributed by atoms with Crippen molar-refractivity contribution >= 4 is 11.8 Å². The second-order valence-corrected chi connectivity index (χ2v) is 2.68. The molecular formula is C10H11NO3. The molecule has 0 spiro atoms. The van der Waals surface area contributed by atoms with Gasteiger partial charge in [-0.25, -0.2) is 4.79 Å². The van der Waals surface area contributed by atoms with Crippen molar-refractivity contribution in [2.75, 3.05) is 7.11 Å². The number of Topliss-reactive ketones (excluding diaryl/α,β-unsaturated/α-hetero) is 1. The maximum Gasteiger partial charge on any atom is 0.379 e. The molecule has 0 bridgehead atoms. The number of carbonyl (C=O) groups excluding carboxylic acids is 2. The van der Waals surface area contributed by atoms with Crippen LogP contribution in [-0.4, -0.2) is 18.9 Å². The molecule has 4 heteroatoms. The fraction of sp³-hybridized carbons (Fsp3) is 0.200. The number of methoxy groups -OCH3 is 1. The Morgan fingerprint density at radius 1 is 1.36 bits per heavy atom. The standard InChI is InChI=1S/C10H11NO3/c1-14-10(13)9(12)8-5-3-2-4-7(8)6-11/h2-5H,6,11H2,1H3. The molecule has 0 aliphatic carbocycles. The molecule has 0 heterocycles. The number of hydrogen-bond donors (Lipinski definition) is 1. The highest BCUT2D eigenvalue weighted by Gasteiger charge is 2.18. The van der Waals surface area contributed by atoms with Crippen LogP contribution in [0, 0.1) is 0 Å². The third kappa shape index (κ3) is 1.97. The van der Waals surface area contributed by atoms with Crippen LogP contribution in [0.4, 0.5) is 0 Å². The van der Waals surface area contributed by atoms with E-state index in [-0.39, 0.29) is 6.54 Å². The molecule has 74 valence electrons. The highest BCUT2D eigenvalue weighted by Crippen LogP contribution is 2.09. The summed E-state index contributed by atoms with van der Waals surface area (Å²) in [5, 5.41) is 0. The molecule has 2 N–H and O–H groups in total. The van der Waals surface area contributed by atoms with E-state index in [2.05, 4.69) is 4.74 Å². The smallest absolute Gasteiger partial charge is 0.379 e. The van der Waals surface area contributed by atoms with Gasteiger partial charge in [0, 0.05) is 12.1 Å². The van der Waals surface area contributed by atoms with Crippen LogP contribution in [0.2, 0.25) is 0 Å². The number of ether oxygens (including phenoxy) is 1. The van der Waals surface area contributed by atoms with Gasteiger partial charge in [-0.05, 0) is 5.56 Å². The van der Waals surface area contributed by atoms with E-state index < -0.39 is 11.8 Å². The SMILES string of the molecule is COC(=O)C(=O)c1ccccc1CN. The lowest BCUT2D eigenvalue weighted by Gasteiger charge is -2.04. The zero-order chi connectivity index (χ0) is 10.6. The van der Waals surface area contributed by atoms with E-state index >= 15 is 0 Å². The summed E-state index contributed by atoms with van der Waals surface area (Å²) in [6.07, 6.45) is 0. The number of carbonyl (C=O) groups is 2. The molecule has 1 rings (SSSR count). The summed E-state index contributed by atoms with van der Waals surface area (Å²) >= 11 is 0. The highest BCUT2D eigenvalue weighted by molar-refractivity contribution is 6.40. The lowest BCUT2D eigenvalue weighted by molar-refractivity contribution is -0.135. The summed E-state index contributed by atoms with van der Waals surface area (Å²) in [5.41, 5.74) is 6.37. The van der Waals surface area contributed by atoms with E-state index in [0.717, 1.165) is 0 Å². The van der Waals surface area contributed by atoms with Crippen molar-refractivity contribution in [3.63, 3.8) is 0 Å². The van der Waals surface area contributed by atoms with Gasteiger partial charge in [0.05, 0.1) is 7.11 Å². The van der Waals surface area contributed by atoms with Gasteiger partial charge in [0.15, 0.2) is 0 Å². The summed E-state index contributed by atoms with van der Waals surface area (Å²) in [5.74, 6) is -1.53. The number of esters is 1. The van der Waals surface area contributed by atoms with Gasteiger partial charge in [0.2, 0.25) is 0 Å². The molecule has 0 unspecified atom stereocenters. The van der Waals surface area contributed by atoms with E-state index in [9.17, 15) is 9.59 Å². The molecule has 0 aromatic heterocycles. The van der Waals surface area contributed by atoms with Gasteiger partial charge in [-0.2, -0.15) is 0 Å². The molecule has 0 saturated heterocycles. The molecule has 1 aromatic carbocycles. The van der Waals surface area contributed by atoms with Crippen LogP contribution in [0.25, 0.3) is 0 Å². The average molecular weight is 193 g/mol. The number of rotatable bonds is 3. The zero-order valence-corrected chi connectivity index (χ0v) is 7.82. The zero-order valence-electron chi connectivity index (χ0n) is 7.82. The Hall–Kier alpha value is -1.68. The first-order chi connectivity index (χ1) is 6.70. The van der Waals surface area contributed by atoms with Gasteiger partial charge >= 0.3 is 5.97 Å². The summed E-state index contributed by atoms with van der Waals surface area (Å²) < 4.78 is 4.34. The molecule has 0 aliphatic heterocycles. The van der Waals surface area contributed by atoms with Crippen LogP contribution >= 0.6 is 0 Å². The van der Waals surface area contributed by atoms with Crippen LogP contribution in [0.15, 0.2) is 24.3 Å². The van der Waals surface area contributed by atoms with Gasteiger partial charge in [-0.3, -0.25) is 4.79 Å². The van der Waals surface area contributed by atoms with Crippen LogP contribution in [0.5, 0.6) is 0 Å². The molecule has 4 nitrogen and oxygen atoms in total. The molecule has 0 fully saturated rings. The van der Waals surface area contributed by atoms with Gasteiger partial charge in [-0.1, -0.05) is 24.3 Å². The Morgan fingerprint density at radius 3 is 2.57 bits per heavy atom. The van der Waals surface area contributed by atoms with Crippen molar-refractivity contribution < 1.29 is 14.3 Å². The number of hydrogen-bond acceptors (Lipinski definition) is 4. The van der Waals surface area contributed by atoms with Gasteiger partial charge in [0.25, 0.3) is 5.78 Å². The first kappa shape index (κ1) is 10.4. The fourth-order valence-corrected chi connectivity index (χ4v) is 1.12. The van der Waals surface area contributed by atoms with Crippen LogP contribution in [0.1, 0.15) is 15.9 Å². The minimum absolute atomic E-state index is 0.221. The lowest BCUT2D eigenvalue weighted by atomic mass is 10.0. The van der Waals surface area contributed by atoms with E-state index in [0.29, 0.717) is 11.1 Å². The van der Waals surface area contributed by atoms with Crippen molar-refractivity contribution in [3.8, 4) is 0 Å². The summed E-state index contributed by atoms with van der Waals surface area (Å²) in [6.45, 7) is 0.221. The van der Waals surface area contributed by atoms with Crippen molar-refractivity contribution in [2.45, 2.75) is 6.54 Å². The third-order valence-electron chi connectivity index (χ3n) is 1.85. The minimum Gasteiger partial charge on any atom is -0.463 e.